The van der Waals surface area contributed by atoms with Gasteiger partial charge in [-0.15, -0.1) is 0 Å². The average Bonchev–Trinajstić information content (AvgIpc) is 1.98. The van der Waals surface area contributed by atoms with Gasteiger partial charge in [-0.25, -0.2) is 5.90 Å². The van der Waals surface area contributed by atoms with Crippen LogP contribution in [0.25, 0.3) is 0 Å². The Morgan fingerprint density at radius 1 is 1.55 bits per heavy atom. The molecule has 0 saturated carbocycles. The predicted molar refractivity (Wildman–Crippen MR) is 44.8 cm³/mol. The highest BCUT2D eigenvalue weighted by Gasteiger charge is 1.98. The van der Waals surface area contributed by atoms with Crippen LogP contribution >= 0.6 is 15.9 Å². The highest BCUT2D eigenvalue weighted by molar-refractivity contribution is 9.10. The van der Waals surface area contributed by atoms with Crippen molar-refractivity contribution in [3.8, 4) is 5.75 Å². The largest absolute Gasteiger partial charge is 0.507 e. The molecule has 0 spiro atoms. The van der Waals surface area contributed by atoms with E-state index >= 15 is 0 Å². The van der Waals surface area contributed by atoms with Crippen molar-refractivity contribution in [1.82, 2.24) is 0 Å². The molecular formula is C7H8BrNO2. The first-order valence-corrected chi connectivity index (χ1v) is 3.82. The van der Waals surface area contributed by atoms with Crippen molar-refractivity contribution in [3.05, 3.63) is 28.2 Å². The van der Waals surface area contributed by atoms with Crippen molar-refractivity contribution in [2.24, 2.45) is 5.90 Å². The minimum absolute atomic E-state index is 0.194. The van der Waals surface area contributed by atoms with Crippen LogP contribution in [0, 0.1) is 0 Å². The Morgan fingerprint density at radius 3 is 2.82 bits per heavy atom. The van der Waals surface area contributed by atoms with E-state index < -0.39 is 0 Å². The summed E-state index contributed by atoms with van der Waals surface area (Å²) >= 11 is 3.16. The van der Waals surface area contributed by atoms with E-state index in [0.717, 1.165) is 5.56 Å². The molecule has 0 aliphatic rings. The van der Waals surface area contributed by atoms with Gasteiger partial charge < -0.3 is 5.11 Å². The van der Waals surface area contributed by atoms with Crippen LogP contribution in [-0.2, 0) is 11.4 Å². The second-order valence-electron chi connectivity index (χ2n) is 2.10. The minimum atomic E-state index is 0.194. The quantitative estimate of drug-likeness (QED) is 0.740. The fourth-order valence-electron chi connectivity index (χ4n) is 0.744. The van der Waals surface area contributed by atoms with Crippen LogP contribution in [0.4, 0.5) is 0 Å². The van der Waals surface area contributed by atoms with Gasteiger partial charge in [0.25, 0.3) is 0 Å². The number of nitrogens with two attached hydrogens (primary N) is 1. The van der Waals surface area contributed by atoms with Crippen molar-refractivity contribution in [2.45, 2.75) is 6.61 Å². The Balaban J connectivity index is 2.86. The maximum absolute atomic E-state index is 9.18. The van der Waals surface area contributed by atoms with Crippen LogP contribution in [0.1, 0.15) is 5.56 Å². The molecule has 0 aliphatic heterocycles. The predicted octanol–water partition coefficient (Wildman–Crippen LogP) is 1.54. The van der Waals surface area contributed by atoms with Crippen LogP contribution in [0.2, 0.25) is 0 Å². The fourth-order valence-corrected chi connectivity index (χ4v) is 0.991. The van der Waals surface area contributed by atoms with E-state index in [2.05, 4.69) is 20.8 Å². The molecule has 0 amide bonds. The van der Waals surface area contributed by atoms with Crippen molar-refractivity contribution in [3.63, 3.8) is 0 Å². The Labute approximate surface area is 72.9 Å². The number of hydrogen-bond acceptors (Lipinski definition) is 3. The van der Waals surface area contributed by atoms with Crippen LogP contribution < -0.4 is 5.90 Å². The van der Waals surface area contributed by atoms with Gasteiger partial charge in [-0.05, 0) is 33.6 Å². The van der Waals surface area contributed by atoms with Crippen molar-refractivity contribution in [1.29, 1.82) is 0 Å². The smallest absolute Gasteiger partial charge is 0.130 e. The Bertz CT molecular complexity index is 252. The van der Waals surface area contributed by atoms with E-state index in [1.54, 1.807) is 12.1 Å². The molecule has 11 heavy (non-hydrogen) atoms. The number of benzene rings is 1. The van der Waals surface area contributed by atoms with E-state index in [9.17, 15) is 5.11 Å². The van der Waals surface area contributed by atoms with Gasteiger partial charge in [0.05, 0.1) is 11.1 Å². The number of rotatable bonds is 2. The molecule has 4 heteroatoms. The van der Waals surface area contributed by atoms with Gasteiger partial charge in [-0.3, -0.25) is 4.84 Å². The molecule has 3 nitrogen and oxygen atoms in total. The van der Waals surface area contributed by atoms with Crippen molar-refractivity contribution in [2.75, 3.05) is 0 Å². The first-order chi connectivity index (χ1) is 5.24. The molecule has 0 bridgehead atoms. The lowest BCUT2D eigenvalue weighted by Crippen LogP contribution is -1.98. The summed E-state index contributed by atoms with van der Waals surface area (Å²) in [5.74, 6) is 5.05. The number of phenolic OH excluding ortho intramolecular Hbond substituents is 1. The van der Waals surface area contributed by atoms with E-state index in [1.807, 2.05) is 6.07 Å². The second-order valence-corrected chi connectivity index (χ2v) is 2.95. The first-order valence-electron chi connectivity index (χ1n) is 3.03. The zero-order valence-corrected chi connectivity index (χ0v) is 7.34. The molecule has 0 heterocycles. The zero-order valence-electron chi connectivity index (χ0n) is 5.75. The summed E-state index contributed by atoms with van der Waals surface area (Å²) < 4.78 is 0.665. The third-order valence-corrected chi connectivity index (χ3v) is 1.93. The lowest BCUT2D eigenvalue weighted by Gasteiger charge is -2.00. The monoisotopic (exact) mass is 217 g/mol. The van der Waals surface area contributed by atoms with Crippen LogP contribution in [0.15, 0.2) is 22.7 Å². The molecule has 0 aromatic heterocycles. The first kappa shape index (κ1) is 8.52. The van der Waals surface area contributed by atoms with E-state index in [1.165, 1.54) is 0 Å². The molecule has 0 fully saturated rings. The van der Waals surface area contributed by atoms with Gasteiger partial charge in [0.2, 0.25) is 0 Å². The molecule has 1 aromatic rings. The Hall–Kier alpha value is -0.580. The zero-order chi connectivity index (χ0) is 8.27. The van der Waals surface area contributed by atoms with E-state index in [4.69, 9.17) is 5.90 Å². The number of hydrogen-bond donors (Lipinski definition) is 2. The third-order valence-electron chi connectivity index (χ3n) is 1.26. The van der Waals surface area contributed by atoms with Crippen molar-refractivity contribution < 1.29 is 9.94 Å². The van der Waals surface area contributed by atoms with Crippen LogP contribution in [0.5, 0.6) is 5.75 Å². The number of phenols is 1. The van der Waals surface area contributed by atoms with Crippen LogP contribution in [0.3, 0.4) is 0 Å². The van der Waals surface area contributed by atoms with Gasteiger partial charge in [-0.2, -0.15) is 0 Å². The van der Waals surface area contributed by atoms with Gasteiger partial charge in [0.15, 0.2) is 0 Å². The summed E-state index contributed by atoms with van der Waals surface area (Å²) in [5, 5.41) is 9.18. The third kappa shape index (κ3) is 2.18. The number of aromatic hydroxyl groups is 1. The highest BCUT2D eigenvalue weighted by atomic mass is 79.9. The van der Waals surface area contributed by atoms with Gasteiger partial charge in [0, 0.05) is 0 Å². The topological polar surface area (TPSA) is 55.5 Å². The lowest BCUT2D eigenvalue weighted by atomic mass is 10.2. The molecule has 60 valence electrons. The highest BCUT2D eigenvalue weighted by Crippen LogP contribution is 2.24. The molecule has 0 aliphatic carbocycles. The number of halogens is 1. The molecule has 0 unspecified atom stereocenters. The molecule has 0 saturated heterocycles. The summed E-state index contributed by atoms with van der Waals surface area (Å²) in [6, 6.07) is 5.15. The summed E-state index contributed by atoms with van der Waals surface area (Å²) in [5.41, 5.74) is 0.841. The minimum Gasteiger partial charge on any atom is -0.507 e. The molecule has 0 radical (unpaired) electrons. The van der Waals surface area contributed by atoms with Gasteiger partial charge in [-0.1, -0.05) is 6.07 Å². The Kier molecular flexibility index (Phi) is 2.87. The van der Waals surface area contributed by atoms with Crippen molar-refractivity contribution >= 4 is 15.9 Å². The lowest BCUT2D eigenvalue weighted by molar-refractivity contribution is 0.124. The summed E-state index contributed by atoms with van der Waals surface area (Å²) in [7, 11) is 0. The second kappa shape index (κ2) is 3.71. The maximum atomic E-state index is 9.18. The summed E-state index contributed by atoms with van der Waals surface area (Å²) in [6.45, 7) is 0.306. The molecule has 0 atom stereocenters. The molecule has 1 rings (SSSR count). The van der Waals surface area contributed by atoms with E-state index in [-0.39, 0.29) is 5.75 Å². The average molecular weight is 218 g/mol. The Morgan fingerprint density at radius 2 is 2.27 bits per heavy atom. The molecule has 1 aromatic carbocycles. The molecular weight excluding hydrogens is 210 g/mol. The van der Waals surface area contributed by atoms with E-state index in [0.29, 0.717) is 11.1 Å². The molecule has 3 N–H and O–H groups in total. The SMILES string of the molecule is NOCc1ccc(Br)c(O)c1. The maximum Gasteiger partial charge on any atom is 0.130 e. The standard InChI is InChI=1S/C7H8BrNO2/c8-6-2-1-5(4-11-9)3-7(6)10/h1-3,10H,4,9H2. The van der Waals surface area contributed by atoms with Gasteiger partial charge >= 0.3 is 0 Å². The van der Waals surface area contributed by atoms with Gasteiger partial charge in [0.1, 0.15) is 5.75 Å². The normalized spacial score (nSPS) is 10.0. The van der Waals surface area contributed by atoms with Crippen LogP contribution in [-0.4, -0.2) is 5.11 Å². The summed E-state index contributed by atoms with van der Waals surface area (Å²) in [4.78, 5) is 4.40. The fraction of sp³-hybridized carbons (Fsp3) is 0.143. The summed E-state index contributed by atoms with van der Waals surface area (Å²) in [6.07, 6.45) is 0.